The van der Waals surface area contributed by atoms with E-state index >= 15 is 0 Å². The van der Waals surface area contributed by atoms with E-state index in [1.54, 1.807) is 6.33 Å². The van der Waals surface area contributed by atoms with E-state index in [-0.39, 0.29) is 24.8 Å². The van der Waals surface area contributed by atoms with Crippen molar-refractivity contribution in [2.75, 3.05) is 6.61 Å². The molecular formula is C21H19ClF3N5O2. The number of carbonyl (C=O) groups is 1. The Labute approximate surface area is 186 Å². The first-order valence-corrected chi connectivity index (χ1v) is 10.6. The van der Waals surface area contributed by atoms with Gasteiger partial charge >= 0.3 is 6.18 Å². The Bertz CT molecular complexity index is 1190. The summed E-state index contributed by atoms with van der Waals surface area (Å²) in [7, 11) is 0. The number of hydrogen-bond acceptors (Lipinski definition) is 4. The van der Waals surface area contributed by atoms with E-state index in [1.807, 2.05) is 4.57 Å². The number of benzene rings is 1. The highest BCUT2D eigenvalue weighted by atomic mass is 35.5. The van der Waals surface area contributed by atoms with Crippen LogP contribution in [0.2, 0.25) is 5.02 Å². The van der Waals surface area contributed by atoms with Gasteiger partial charge in [0.1, 0.15) is 5.69 Å². The van der Waals surface area contributed by atoms with E-state index in [0.29, 0.717) is 17.0 Å². The molecule has 168 valence electrons. The average Bonchev–Trinajstić information content (AvgIpc) is 3.38. The van der Waals surface area contributed by atoms with Gasteiger partial charge < -0.3 is 14.6 Å². The second-order valence-electron chi connectivity index (χ2n) is 7.83. The summed E-state index contributed by atoms with van der Waals surface area (Å²) in [6, 6.07) is 3.16. The molecule has 0 aliphatic carbocycles. The molecule has 0 bridgehead atoms. The quantitative estimate of drug-likeness (QED) is 0.632. The number of aromatic nitrogens is 4. The molecule has 3 aromatic rings. The van der Waals surface area contributed by atoms with Gasteiger partial charge in [0, 0.05) is 12.1 Å². The lowest BCUT2D eigenvalue weighted by atomic mass is 10.0. The van der Waals surface area contributed by atoms with Crippen LogP contribution in [0.25, 0.3) is 5.69 Å². The van der Waals surface area contributed by atoms with Crippen LogP contribution in [-0.4, -0.2) is 31.8 Å². The lowest BCUT2D eigenvalue weighted by Crippen LogP contribution is -2.35. The summed E-state index contributed by atoms with van der Waals surface area (Å²) in [5, 5.41) is 6.75. The molecule has 1 amide bonds. The van der Waals surface area contributed by atoms with Crippen LogP contribution in [-0.2, 0) is 30.5 Å². The molecule has 5 rings (SSSR count). The number of nitrogens with zero attached hydrogens (tertiary/aromatic N) is 4. The molecule has 1 atom stereocenters. The highest BCUT2D eigenvalue weighted by Gasteiger charge is 2.35. The van der Waals surface area contributed by atoms with Crippen LogP contribution in [0.4, 0.5) is 13.2 Å². The second-order valence-corrected chi connectivity index (χ2v) is 8.20. The molecule has 0 radical (unpaired) electrons. The van der Waals surface area contributed by atoms with E-state index in [4.69, 9.17) is 16.3 Å². The normalized spacial score (nSPS) is 18.2. The van der Waals surface area contributed by atoms with Crippen molar-refractivity contribution >= 4 is 17.5 Å². The third-order valence-corrected chi connectivity index (χ3v) is 6.24. The predicted octanol–water partition coefficient (Wildman–Crippen LogP) is 4.08. The molecule has 0 fully saturated rings. The third-order valence-electron chi connectivity index (χ3n) is 5.84. The molecule has 32 heavy (non-hydrogen) atoms. The van der Waals surface area contributed by atoms with Crippen molar-refractivity contribution in [1.29, 1.82) is 0 Å². The summed E-state index contributed by atoms with van der Waals surface area (Å²) in [5.41, 5.74) is 1.68. The maximum Gasteiger partial charge on any atom is 0.417 e. The molecule has 7 nitrogen and oxygen atoms in total. The largest absolute Gasteiger partial charge is 0.417 e. The van der Waals surface area contributed by atoms with Crippen molar-refractivity contribution in [3.05, 3.63) is 64.0 Å². The van der Waals surface area contributed by atoms with Crippen LogP contribution in [0.5, 0.6) is 0 Å². The minimum absolute atomic E-state index is 0.0986. The Morgan fingerprint density at radius 1 is 1.25 bits per heavy atom. The first kappa shape index (κ1) is 21.0. The zero-order valence-corrected chi connectivity index (χ0v) is 17.6. The van der Waals surface area contributed by atoms with E-state index in [1.165, 1.54) is 23.0 Å². The molecular weight excluding hydrogens is 447 g/mol. The topological polar surface area (TPSA) is 74.0 Å². The Hall–Kier alpha value is -2.85. The highest BCUT2D eigenvalue weighted by molar-refractivity contribution is 6.33. The van der Waals surface area contributed by atoms with Crippen LogP contribution in [0, 0.1) is 0 Å². The number of halogens is 4. The van der Waals surface area contributed by atoms with Crippen molar-refractivity contribution in [2.45, 2.75) is 44.6 Å². The van der Waals surface area contributed by atoms with Crippen molar-refractivity contribution in [3.63, 3.8) is 0 Å². The molecule has 2 aliphatic rings. The summed E-state index contributed by atoms with van der Waals surface area (Å²) in [4.78, 5) is 17.2. The van der Waals surface area contributed by atoms with Crippen LogP contribution < -0.4 is 5.32 Å². The molecule has 1 N–H and O–H groups in total. The summed E-state index contributed by atoms with van der Waals surface area (Å²) >= 11 is 6.08. The number of amides is 1. The number of ether oxygens (including phenoxy) is 1. The smallest absolute Gasteiger partial charge is 0.373 e. The fourth-order valence-corrected chi connectivity index (χ4v) is 4.58. The first-order chi connectivity index (χ1) is 15.3. The van der Waals surface area contributed by atoms with Crippen LogP contribution in [0.3, 0.4) is 0 Å². The fourth-order valence-electron chi connectivity index (χ4n) is 4.27. The highest BCUT2D eigenvalue weighted by Crippen LogP contribution is 2.38. The maximum absolute atomic E-state index is 13.3. The van der Waals surface area contributed by atoms with Crippen LogP contribution in [0.1, 0.15) is 51.9 Å². The zero-order valence-electron chi connectivity index (χ0n) is 16.8. The summed E-state index contributed by atoms with van der Waals surface area (Å²) in [6.07, 6.45) is 1.48. The van der Waals surface area contributed by atoms with Gasteiger partial charge in [-0.05, 0) is 31.4 Å². The lowest BCUT2D eigenvalue weighted by molar-refractivity contribution is -0.137. The molecule has 11 heteroatoms. The van der Waals surface area contributed by atoms with E-state index in [2.05, 4.69) is 15.4 Å². The molecule has 4 heterocycles. The third kappa shape index (κ3) is 3.57. The number of imidazole rings is 1. The van der Waals surface area contributed by atoms with Crippen molar-refractivity contribution in [1.82, 2.24) is 24.6 Å². The average molecular weight is 466 g/mol. The van der Waals surface area contributed by atoms with Gasteiger partial charge in [-0.2, -0.15) is 18.3 Å². The zero-order chi connectivity index (χ0) is 22.5. The van der Waals surface area contributed by atoms with E-state index < -0.39 is 22.8 Å². The van der Waals surface area contributed by atoms with Gasteiger partial charge in [0.25, 0.3) is 5.91 Å². The number of aryl methyl sites for hydroxylation is 1. The van der Waals surface area contributed by atoms with E-state index in [0.717, 1.165) is 37.6 Å². The minimum atomic E-state index is -4.59. The Morgan fingerprint density at radius 2 is 2.09 bits per heavy atom. The van der Waals surface area contributed by atoms with Crippen LogP contribution in [0.15, 0.2) is 30.7 Å². The molecule has 2 aromatic heterocycles. The molecule has 0 saturated heterocycles. The number of alkyl halides is 3. The molecule has 0 spiro atoms. The van der Waals surface area contributed by atoms with Crippen molar-refractivity contribution < 1.29 is 22.7 Å². The molecule has 0 unspecified atom stereocenters. The predicted molar refractivity (Wildman–Crippen MR) is 109 cm³/mol. The Morgan fingerprint density at radius 3 is 2.91 bits per heavy atom. The molecule has 0 saturated carbocycles. The number of nitrogens with one attached hydrogen (secondary N) is 1. The fraction of sp³-hybridized carbons (Fsp3) is 0.381. The summed E-state index contributed by atoms with van der Waals surface area (Å²) < 4.78 is 48.8. The van der Waals surface area contributed by atoms with Gasteiger partial charge in [-0.25, -0.2) is 9.67 Å². The van der Waals surface area contributed by atoms with E-state index in [9.17, 15) is 18.0 Å². The van der Waals surface area contributed by atoms with Gasteiger partial charge in [-0.3, -0.25) is 4.79 Å². The van der Waals surface area contributed by atoms with Crippen molar-refractivity contribution in [3.8, 4) is 5.69 Å². The number of fused-ring (bicyclic) bond motifs is 2. The Kier molecular flexibility index (Phi) is 5.21. The minimum Gasteiger partial charge on any atom is -0.373 e. The number of rotatable bonds is 3. The first-order valence-electron chi connectivity index (χ1n) is 10.2. The van der Waals surface area contributed by atoms with Gasteiger partial charge in [0.05, 0.1) is 59.4 Å². The summed E-state index contributed by atoms with van der Waals surface area (Å²) in [6.45, 7) is 1.20. The standard InChI is InChI=1S/C21H19ClF3N5O2/c22-18-13(21(23,24)25)4-3-6-15(18)30-17-10-32-9-14(12(17)8-27-30)28-20(31)19-16-5-1-2-7-29(16)11-26-19/h3-4,6,8,11,14H,1-2,5,7,9-10H2,(H,28,31)/t14-/m1/s1. The SMILES string of the molecule is O=C(N[C@@H]1COCc2c1cnn2-c1cccc(C(F)(F)F)c1Cl)c1ncn2c1CCCC2. The Balaban J connectivity index is 1.44. The van der Waals surface area contributed by atoms with Crippen molar-refractivity contribution in [2.24, 2.45) is 0 Å². The second kappa shape index (κ2) is 7.93. The maximum atomic E-state index is 13.3. The number of carbonyl (C=O) groups excluding carboxylic acids is 1. The molecule has 2 aliphatic heterocycles. The van der Waals surface area contributed by atoms with Gasteiger partial charge in [-0.15, -0.1) is 0 Å². The van der Waals surface area contributed by atoms with Gasteiger partial charge in [0.15, 0.2) is 0 Å². The summed E-state index contributed by atoms with van der Waals surface area (Å²) in [5.74, 6) is -0.313. The monoisotopic (exact) mass is 465 g/mol. The molecule has 1 aromatic carbocycles. The van der Waals surface area contributed by atoms with Crippen LogP contribution >= 0.6 is 11.6 Å². The lowest BCUT2D eigenvalue weighted by Gasteiger charge is -2.25. The van der Waals surface area contributed by atoms with Gasteiger partial charge in [0.2, 0.25) is 0 Å². The number of hydrogen-bond donors (Lipinski definition) is 1. The van der Waals surface area contributed by atoms with Gasteiger partial charge in [-0.1, -0.05) is 17.7 Å².